The van der Waals surface area contributed by atoms with Gasteiger partial charge in [0.25, 0.3) is 5.91 Å². The number of nitrogens with zero attached hydrogens (tertiary/aromatic N) is 4. The molecule has 0 saturated carbocycles. The maximum Gasteiger partial charge on any atom is 0.255 e. The highest BCUT2D eigenvalue weighted by molar-refractivity contribution is 7.98. The molecule has 2 aromatic heterocycles. The van der Waals surface area contributed by atoms with Gasteiger partial charge in [0.1, 0.15) is 5.82 Å². The van der Waals surface area contributed by atoms with Crippen LogP contribution in [0, 0.1) is 13.8 Å². The second kappa shape index (κ2) is 10.2. The van der Waals surface area contributed by atoms with Gasteiger partial charge < -0.3 is 15.6 Å². The fourth-order valence-electron chi connectivity index (χ4n) is 3.59. The Kier molecular flexibility index (Phi) is 7.10. The van der Waals surface area contributed by atoms with Crippen LogP contribution in [0.15, 0.2) is 53.0 Å². The van der Waals surface area contributed by atoms with Crippen molar-refractivity contribution in [1.29, 1.82) is 0 Å². The third-order valence-electron chi connectivity index (χ3n) is 5.30. The minimum Gasteiger partial charge on any atom is -0.375 e. The van der Waals surface area contributed by atoms with Crippen molar-refractivity contribution in [3.05, 3.63) is 81.6 Å². The maximum atomic E-state index is 12.9. The number of carbonyl (C=O) groups is 1. The highest BCUT2D eigenvalue weighted by atomic mass is 32.2. The summed E-state index contributed by atoms with van der Waals surface area (Å²) >= 11 is 3.03. The van der Waals surface area contributed by atoms with Gasteiger partial charge in [-0.05, 0) is 49.6 Å². The average molecular weight is 479 g/mol. The summed E-state index contributed by atoms with van der Waals surface area (Å²) in [5.74, 6) is 1.44. The van der Waals surface area contributed by atoms with Crippen LogP contribution in [0.2, 0.25) is 0 Å². The quantitative estimate of drug-likeness (QED) is 0.342. The highest BCUT2D eigenvalue weighted by Gasteiger charge is 2.14. The van der Waals surface area contributed by atoms with Crippen molar-refractivity contribution in [3.63, 3.8) is 0 Å². The number of aryl methyl sites for hydroxylation is 2. The number of hydrogen-bond acceptors (Lipinski definition) is 7. The Morgan fingerprint density at radius 1 is 1.15 bits per heavy atom. The molecule has 0 bridgehead atoms. The minimum absolute atomic E-state index is 0.110. The molecular formula is C24H26N6OS2. The van der Waals surface area contributed by atoms with E-state index >= 15 is 0 Å². The van der Waals surface area contributed by atoms with Gasteiger partial charge in [0.2, 0.25) is 0 Å². The molecule has 1 amide bonds. The summed E-state index contributed by atoms with van der Waals surface area (Å²) in [7, 11) is 0. The molecule has 0 aliphatic rings. The Labute approximate surface area is 201 Å². The largest absolute Gasteiger partial charge is 0.375 e. The molecule has 0 unspecified atom stereocenters. The molecule has 0 radical (unpaired) electrons. The van der Waals surface area contributed by atoms with Crippen LogP contribution >= 0.6 is 23.1 Å². The van der Waals surface area contributed by atoms with E-state index in [1.165, 1.54) is 11.3 Å². The summed E-state index contributed by atoms with van der Waals surface area (Å²) in [5.41, 5.74) is 11.3. The standard InChI is InChI=1S/C24H26N6OS2/c1-4-30-20(12-19-14-32-23(25)26-19)28-29-24(30)33-13-17-9-6-10-18(11-17)22(31)27-21-15(2)7-5-8-16(21)3/h5-11,14H,4,12-13H2,1-3H3,(H2,25,26)(H,27,31). The Morgan fingerprint density at radius 3 is 2.61 bits per heavy atom. The molecule has 7 nitrogen and oxygen atoms in total. The molecule has 4 aromatic rings. The Morgan fingerprint density at radius 2 is 1.91 bits per heavy atom. The third-order valence-corrected chi connectivity index (χ3v) is 7.06. The van der Waals surface area contributed by atoms with Crippen molar-refractivity contribution < 1.29 is 4.79 Å². The molecule has 9 heteroatoms. The second-order valence-corrected chi connectivity index (χ2v) is 9.54. The van der Waals surface area contributed by atoms with E-state index in [2.05, 4.69) is 32.0 Å². The first-order valence-electron chi connectivity index (χ1n) is 10.7. The van der Waals surface area contributed by atoms with Crippen molar-refractivity contribution in [3.8, 4) is 0 Å². The molecule has 33 heavy (non-hydrogen) atoms. The van der Waals surface area contributed by atoms with Gasteiger partial charge in [-0.3, -0.25) is 4.79 Å². The molecule has 3 N–H and O–H groups in total. The molecule has 0 atom stereocenters. The summed E-state index contributed by atoms with van der Waals surface area (Å²) in [6, 6.07) is 13.7. The van der Waals surface area contributed by atoms with E-state index in [1.807, 2.05) is 61.7 Å². The number of carbonyl (C=O) groups excluding carboxylic acids is 1. The fraction of sp³-hybridized carbons (Fsp3) is 0.250. The molecule has 2 aromatic carbocycles. The lowest BCUT2D eigenvalue weighted by atomic mass is 10.1. The van der Waals surface area contributed by atoms with E-state index in [-0.39, 0.29) is 5.91 Å². The molecule has 0 saturated heterocycles. The molecule has 0 fully saturated rings. The number of amides is 1. The van der Waals surface area contributed by atoms with Gasteiger partial charge in [0, 0.05) is 28.9 Å². The van der Waals surface area contributed by atoms with Crippen molar-refractivity contribution in [2.45, 2.75) is 44.6 Å². The first-order chi connectivity index (χ1) is 15.9. The van der Waals surface area contributed by atoms with Gasteiger partial charge in [-0.2, -0.15) is 0 Å². The van der Waals surface area contributed by atoms with Crippen LogP contribution < -0.4 is 11.1 Å². The van der Waals surface area contributed by atoms with Crippen LogP contribution in [-0.4, -0.2) is 25.7 Å². The minimum atomic E-state index is -0.110. The average Bonchev–Trinajstić information content (AvgIpc) is 3.40. The number of thioether (sulfide) groups is 1. The van der Waals surface area contributed by atoms with Gasteiger partial charge in [-0.15, -0.1) is 21.5 Å². The predicted molar refractivity (Wildman–Crippen MR) is 135 cm³/mol. The van der Waals surface area contributed by atoms with Crippen LogP contribution in [0.1, 0.15) is 45.5 Å². The molecule has 0 spiro atoms. The Hall–Kier alpha value is -3.17. The maximum absolute atomic E-state index is 12.9. The number of benzene rings is 2. The summed E-state index contributed by atoms with van der Waals surface area (Å²) in [6.45, 7) is 6.84. The smallest absolute Gasteiger partial charge is 0.255 e. The van der Waals surface area contributed by atoms with E-state index < -0.39 is 0 Å². The number of para-hydroxylation sites is 1. The number of aromatic nitrogens is 4. The number of thiazole rings is 1. The van der Waals surface area contributed by atoms with Crippen LogP contribution in [0.3, 0.4) is 0 Å². The van der Waals surface area contributed by atoms with Gasteiger partial charge in [-0.1, -0.05) is 42.1 Å². The summed E-state index contributed by atoms with van der Waals surface area (Å²) in [4.78, 5) is 17.2. The van der Waals surface area contributed by atoms with Gasteiger partial charge in [0.05, 0.1) is 12.1 Å². The predicted octanol–water partition coefficient (Wildman–Crippen LogP) is 5.09. The van der Waals surface area contributed by atoms with E-state index in [1.54, 1.807) is 11.8 Å². The fourth-order valence-corrected chi connectivity index (χ4v) is 5.11. The highest BCUT2D eigenvalue weighted by Crippen LogP contribution is 2.25. The van der Waals surface area contributed by atoms with Crippen molar-refractivity contribution >= 4 is 39.8 Å². The number of nitrogens with two attached hydrogens (primary N) is 1. The number of rotatable bonds is 8. The topological polar surface area (TPSA) is 98.7 Å². The zero-order valence-corrected chi connectivity index (χ0v) is 20.5. The van der Waals surface area contributed by atoms with E-state index in [9.17, 15) is 4.79 Å². The molecule has 2 heterocycles. The van der Waals surface area contributed by atoms with E-state index in [0.717, 1.165) is 45.6 Å². The molecule has 170 valence electrons. The first-order valence-corrected chi connectivity index (χ1v) is 12.5. The molecule has 0 aliphatic carbocycles. The second-order valence-electron chi connectivity index (χ2n) is 7.71. The summed E-state index contributed by atoms with van der Waals surface area (Å²) in [6.07, 6.45) is 0.600. The zero-order valence-electron chi connectivity index (χ0n) is 18.8. The van der Waals surface area contributed by atoms with Gasteiger partial charge in [0.15, 0.2) is 10.3 Å². The SMILES string of the molecule is CCn1c(Cc2csc(N)n2)nnc1SCc1cccc(C(=O)Nc2c(C)cccc2C)c1. The van der Waals surface area contributed by atoms with Gasteiger partial charge >= 0.3 is 0 Å². The zero-order chi connectivity index (χ0) is 23.4. The lowest BCUT2D eigenvalue weighted by Gasteiger charge is -2.12. The van der Waals surface area contributed by atoms with Crippen LogP contribution in [0.5, 0.6) is 0 Å². The number of anilines is 2. The Balaban J connectivity index is 1.44. The number of nitrogens with one attached hydrogen (secondary N) is 1. The monoisotopic (exact) mass is 478 g/mol. The van der Waals surface area contributed by atoms with E-state index in [4.69, 9.17) is 5.73 Å². The van der Waals surface area contributed by atoms with Gasteiger partial charge in [-0.25, -0.2) is 4.98 Å². The van der Waals surface area contributed by atoms with Crippen LogP contribution in [-0.2, 0) is 18.7 Å². The van der Waals surface area contributed by atoms with Crippen LogP contribution in [0.4, 0.5) is 10.8 Å². The van der Waals surface area contributed by atoms with Crippen molar-refractivity contribution in [1.82, 2.24) is 19.7 Å². The third kappa shape index (κ3) is 5.43. The normalized spacial score (nSPS) is 11.0. The molecular weight excluding hydrogens is 452 g/mol. The summed E-state index contributed by atoms with van der Waals surface area (Å²) in [5, 5.41) is 15.2. The van der Waals surface area contributed by atoms with Crippen LogP contribution in [0.25, 0.3) is 0 Å². The molecule has 4 rings (SSSR count). The van der Waals surface area contributed by atoms with Crippen molar-refractivity contribution in [2.24, 2.45) is 0 Å². The van der Waals surface area contributed by atoms with Crippen molar-refractivity contribution in [2.75, 3.05) is 11.1 Å². The Bertz CT molecular complexity index is 1260. The first kappa shape index (κ1) is 23.0. The lowest BCUT2D eigenvalue weighted by molar-refractivity contribution is 0.102. The number of nitrogen functional groups attached to an aromatic ring is 1. The summed E-state index contributed by atoms with van der Waals surface area (Å²) < 4.78 is 2.09. The number of hydrogen-bond donors (Lipinski definition) is 2. The lowest BCUT2D eigenvalue weighted by Crippen LogP contribution is -2.14. The van der Waals surface area contributed by atoms with E-state index in [0.29, 0.717) is 22.9 Å². The molecule has 0 aliphatic heterocycles.